The van der Waals surface area contributed by atoms with Gasteiger partial charge in [0.25, 0.3) is 0 Å². The highest BCUT2D eigenvalue weighted by atomic mass is 16.2. The maximum absolute atomic E-state index is 8.56. The first-order valence-corrected chi connectivity index (χ1v) is 5.12. The summed E-state index contributed by atoms with van der Waals surface area (Å²) in [4.78, 5) is 0. The first kappa shape index (κ1) is 10.0. The van der Waals surface area contributed by atoms with E-state index in [2.05, 4.69) is 11.9 Å². The molecule has 2 nitrogen and oxygen atoms in total. The molecule has 0 aromatic heterocycles. The number of aliphatic hydroxyl groups excluding tert-OH is 1. The third-order valence-corrected chi connectivity index (χ3v) is 2.47. The molecule has 2 N–H and O–H groups in total. The summed E-state index contributed by atoms with van der Waals surface area (Å²) in [6, 6.07) is 0.720. The van der Waals surface area contributed by atoms with Crippen molar-refractivity contribution >= 4 is 0 Å². The molecular weight excluding hydrogens is 150 g/mol. The highest BCUT2D eigenvalue weighted by molar-refractivity contribution is 4.75. The van der Waals surface area contributed by atoms with Crippen LogP contribution >= 0.6 is 0 Å². The highest BCUT2D eigenvalue weighted by Crippen LogP contribution is 2.17. The maximum atomic E-state index is 8.56. The molecule has 0 amide bonds. The molecular formula is C10H20NO. The Kier molecular flexibility index (Phi) is 5.37. The van der Waals surface area contributed by atoms with Crippen LogP contribution in [0.2, 0.25) is 0 Å². The second-order valence-electron chi connectivity index (χ2n) is 3.57. The van der Waals surface area contributed by atoms with Gasteiger partial charge in [-0.2, -0.15) is 0 Å². The van der Waals surface area contributed by atoms with E-state index in [1.807, 2.05) is 0 Å². The average Bonchev–Trinajstić information content (AvgIpc) is 2.14. The van der Waals surface area contributed by atoms with Crippen LogP contribution in [0.1, 0.15) is 44.9 Å². The molecule has 0 aromatic carbocycles. The molecule has 1 saturated carbocycles. The molecule has 1 radical (unpaired) electrons. The summed E-state index contributed by atoms with van der Waals surface area (Å²) in [6.07, 6.45) is 8.71. The molecule has 0 unspecified atom stereocenters. The molecule has 2 heteroatoms. The fraction of sp³-hybridized carbons (Fsp3) is 0.900. The van der Waals surface area contributed by atoms with Gasteiger partial charge in [0, 0.05) is 19.2 Å². The van der Waals surface area contributed by atoms with Crippen LogP contribution in [0, 0.1) is 6.54 Å². The molecule has 0 atom stereocenters. The fourth-order valence-electron chi connectivity index (χ4n) is 1.71. The van der Waals surface area contributed by atoms with Crippen LogP contribution in [-0.4, -0.2) is 17.8 Å². The van der Waals surface area contributed by atoms with Gasteiger partial charge in [-0.25, -0.2) is 0 Å². The predicted molar refractivity (Wildman–Crippen MR) is 50.6 cm³/mol. The Morgan fingerprint density at radius 3 is 2.67 bits per heavy atom. The summed E-state index contributed by atoms with van der Waals surface area (Å²) in [5.74, 6) is 0. The summed E-state index contributed by atoms with van der Waals surface area (Å²) < 4.78 is 0. The largest absolute Gasteiger partial charge is 0.396 e. The summed E-state index contributed by atoms with van der Waals surface area (Å²) in [6.45, 7) is 2.43. The fourth-order valence-corrected chi connectivity index (χ4v) is 1.71. The van der Waals surface area contributed by atoms with Crippen molar-refractivity contribution in [2.45, 2.75) is 51.0 Å². The van der Waals surface area contributed by atoms with Gasteiger partial charge in [0.05, 0.1) is 0 Å². The van der Waals surface area contributed by atoms with E-state index in [1.54, 1.807) is 0 Å². The summed E-state index contributed by atoms with van der Waals surface area (Å²) in [7, 11) is 0. The van der Waals surface area contributed by atoms with Crippen LogP contribution in [0.5, 0.6) is 0 Å². The minimum atomic E-state index is 0.308. The number of aliphatic hydroxyl groups is 1. The maximum Gasteiger partial charge on any atom is 0.0431 e. The van der Waals surface area contributed by atoms with Gasteiger partial charge >= 0.3 is 0 Å². The zero-order valence-electron chi connectivity index (χ0n) is 7.76. The van der Waals surface area contributed by atoms with E-state index in [4.69, 9.17) is 5.11 Å². The molecule has 71 valence electrons. The van der Waals surface area contributed by atoms with Gasteiger partial charge in [0.1, 0.15) is 0 Å². The molecule has 12 heavy (non-hydrogen) atoms. The topological polar surface area (TPSA) is 32.3 Å². The Bertz CT molecular complexity index is 100. The van der Waals surface area contributed by atoms with Gasteiger partial charge in [-0.15, -0.1) is 0 Å². The van der Waals surface area contributed by atoms with Crippen molar-refractivity contribution in [2.75, 3.05) is 6.61 Å². The second-order valence-corrected chi connectivity index (χ2v) is 3.57. The average molecular weight is 170 g/mol. The van der Waals surface area contributed by atoms with Crippen LogP contribution in [-0.2, 0) is 0 Å². The van der Waals surface area contributed by atoms with Crippen LogP contribution < -0.4 is 5.32 Å². The van der Waals surface area contributed by atoms with E-state index in [0.29, 0.717) is 6.61 Å². The molecule has 1 aliphatic carbocycles. The number of hydrogen-bond acceptors (Lipinski definition) is 2. The Balaban J connectivity index is 1.91. The van der Waals surface area contributed by atoms with Crippen molar-refractivity contribution in [1.82, 2.24) is 5.32 Å². The summed E-state index contributed by atoms with van der Waals surface area (Å²) in [5.41, 5.74) is 0. The Morgan fingerprint density at radius 2 is 2.00 bits per heavy atom. The smallest absolute Gasteiger partial charge is 0.0431 e. The minimum Gasteiger partial charge on any atom is -0.396 e. The first-order valence-electron chi connectivity index (χ1n) is 5.12. The van der Waals surface area contributed by atoms with Crippen molar-refractivity contribution in [3.05, 3.63) is 6.54 Å². The Labute approximate surface area is 75.4 Å². The Hall–Kier alpha value is -0.0800. The number of rotatable bonds is 5. The van der Waals surface area contributed by atoms with Gasteiger partial charge in [0.2, 0.25) is 0 Å². The number of nitrogens with one attached hydrogen (secondary N) is 1. The van der Waals surface area contributed by atoms with Crippen LogP contribution in [0.4, 0.5) is 0 Å². The summed E-state index contributed by atoms with van der Waals surface area (Å²) in [5, 5.41) is 12.0. The molecule has 0 bridgehead atoms. The van der Waals surface area contributed by atoms with Crippen molar-refractivity contribution < 1.29 is 5.11 Å². The third kappa shape index (κ3) is 4.07. The molecule has 0 spiro atoms. The van der Waals surface area contributed by atoms with Gasteiger partial charge in [-0.3, -0.25) is 0 Å². The Morgan fingerprint density at radius 1 is 1.25 bits per heavy atom. The molecule has 1 fully saturated rings. The van der Waals surface area contributed by atoms with Crippen molar-refractivity contribution in [3.63, 3.8) is 0 Å². The highest BCUT2D eigenvalue weighted by Gasteiger charge is 2.11. The lowest BCUT2D eigenvalue weighted by Gasteiger charge is -2.22. The lowest BCUT2D eigenvalue weighted by Crippen LogP contribution is -2.28. The first-order chi connectivity index (χ1) is 5.93. The number of unbranched alkanes of at least 4 members (excludes halogenated alkanes) is 1. The number of hydrogen-bond donors (Lipinski definition) is 2. The second kappa shape index (κ2) is 6.44. The van der Waals surface area contributed by atoms with E-state index in [9.17, 15) is 0 Å². The van der Waals surface area contributed by atoms with E-state index in [1.165, 1.54) is 32.1 Å². The third-order valence-electron chi connectivity index (χ3n) is 2.47. The van der Waals surface area contributed by atoms with Gasteiger partial charge in [-0.1, -0.05) is 19.3 Å². The molecule has 0 aromatic rings. The predicted octanol–water partition coefficient (Wildman–Crippen LogP) is 1.84. The van der Waals surface area contributed by atoms with Gasteiger partial charge in [0.15, 0.2) is 0 Å². The van der Waals surface area contributed by atoms with Crippen LogP contribution in [0.15, 0.2) is 0 Å². The van der Waals surface area contributed by atoms with E-state index in [-0.39, 0.29) is 0 Å². The van der Waals surface area contributed by atoms with Crippen LogP contribution in [0.25, 0.3) is 0 Å². The molecule has 1 rings (SSSR count). The van der Waals surface area contributed by atoms with E-state index < -0.39 is 0 Å². The minimum absolute atomic E-state index is 0.308. The molecule has 1 aliphatic rings. The quantitative estimate of drug-likeness (QED) is 0.617. The van der Waals surface area contributed by atoms with E-state index >= 15 is 0 Å². The monoisotopic (exact) mass is 170 g/mol. The SMILES string of the molecule is OCCC[CH]NC1CCCCC1. The zero-order chi connectivity index (χ0) is 8.65. The lowest BCUT2D eigenvalue weighted by molar-refractivity contribution is 0.285. The zero-order valence-corrected chi connectivity index (χ0v) is 7.76. The summed E-state index contributed by atoms with van der Waals surface area (Å²) >= 11 is 0. The normalized spacial score (nSPS) is 19.8. The van der Waals surface area contributed by atoms with Crippen molar-refractivity contribution in [3.8, 4) is 0 Å². The van der Waals surface area contributed by atoms with Gasteiger partial charge < -0.3 is 10.4 Å². The standard InChI is InChI=1S/C10H20NO/c12-9-5-4-8-11-10-6-2-1-3-7-10/h8,10-12H,1-7,9H2. The van der Waals surface area contributed by atoms with Crippen molar-refractivity contribution in [2.24, 2.45) is 0 Å². The van der Waals surface area contributed by atoms with Gasteiger partial charge in [-0.05, 0) is 25.7 Å². The molecule has 0 heterocycles. The molecule has 0 aliphatic heterocycles. The van der Waals surface area contributed by atoms with Crippen LogP contribution in [0.3, 0.4) is 0 Å². The lowest BCUT2D eigenvalue weighted by atomic mass is 9.95. The van der Waals surface area contributed by atoms with Crippen molar-refractivity contribution in [1.29, 1.82) is 0 Å². The van der Waals surface area contributed by atoms with E-state index in [0.717, 1.165) is 18.9 Å². The molecule has 0 saturated heterocycles.